The quantitative estimate of drug-likeness (QED) is 0.830. The van der Waals surface area contributed by atoms with Crippen molar-refractivity contribution < 1.29 is 12.8 Å². The Morgan fingerprint density at radius 2 is 2.16 bits per heavy atom. The van der Waals surface area contributed by atoms with Crippen molar-refractivity contribution in [1.82, 2.24) is 14.2 Å². The third-order valence-corrected chi connectivity index (χ3v) is 5.24. The van der Waals surface area contributed by atoms with Gasteiger partial charge in [0, 0.05) is 25.3 Å². The highest BCUT2D eigenvalue weighted by Crippen LogP contribution is 2.22. The first-order valence-electron chi connectivity index (χ1n) is 6.18. The molecular weight excluding hydrogens is 269 g/mol. The fraction of sp³-hybridized carbons (Fsp3) is 0.583. The number of rotatable bonds is 3. The van der Waals surface area contributed by atoms with Crippen LogP contribution in [0.3, 0.4) is 0 Å². The second-order valence-electron chi connectivity index (χ2n) is 4.96. The van der Waals surface area contributed by atoms with Crippen LogP contribution in [0, 0.1) is 5.82 Å². The zero-order valence-corrected chi connectivity index (χ0v) is 11.9. The van der Waals surface area contributed by atoms with Crippen molar-refractivity contribution in [2.75, 3.05) is 27.2 Å². The van der Waals surface area contributed by atoms with Crippen LogP contribution >= 0.6 is 0 Å². The standard InChI is InChI=1S/C12H18FN3O2S/c1-15(2)11-4-3-5-16(9-11)19(17,18)12-6-10(13)7-14-8-12/h6-8,11H,3-5,9H2,1-2H3. The molecule has 0 bridgehead atoms. The number of piperidine rings is 1. The van der Waals surface area contributed by atoms with Crippen molar-refractivity contribution in [3.8, 4) is 0 Å². The number of aromatic nitrogens is 1. The van der Waals surface area contributed by atoms with E-state index in [1.54, 1.807) is 0 Å². The van der Waals surface area contributed by atoms with E-state index in [9.17, 15) is 12.8 Å². The molecular formula is C12H18FN3O2S. The van der Waals surface area contributed by atoms with Crippen LogP contribution in [0.5, 0.6) is 0 Å². The van der Waals surface area contributed by atoms with Gasteiger partial charge in [-0.2, -0.15) is 4.31 Å². The summed E-state index contributed by atoms with van der Waals surface area (Å²) >= 11 is 0. The first-order valence-corrected chi connectivity index (χ1v) is 7.62. The summed E-state index contributed by atoms with van der Waals surface area (Å²) in [6.07, 6.45) is 3.97. The SMILES string of the molecule is CN(C)C1CCCN(S(=O)(=O)c2cncc(F)c2)C1. The smallest absolute Gasteiger partial charge is 0.244 e. The second kappa shape index (κ2) is 5.52. The summed E-state index contributed by atoms with van der Waals surface area (Å²) < 4.78 is 39.3. The summed E-state index contributed by atoms with van der Waals surface area (Å²) in [6, 6.07) is 1.21. The third kappa shape index (κ3) is 3.10. The maximum absolute atomic E-state index is 13.1. The molecule has 0 spiro atoms. The molecule has 0 saturated carbocycles. The van der Waals surface area contributed by atoms with E-state index in [4.69, 9.17) is 0 Å². The fourth-order valence-corrected chi connectivity index (χ4v) is 3.73. The van der Waals surface area contributed by atoms with Crippen molar-refractivity contribution in [1.29, 1.82) is 0 Å². The third-order valence-electron chi connectivity index (χ3n) is 3.41. The molecule has 1 aromatic heterocycles. The van der Waals surface area contributed by atoms with Crippen LogP contribution < -0.4 is 0 Å². The van der Waals surface area contributed by atoms with E-state index in [-0.39, 0.29) is 10.9 Å². The van der Waals surface area contributed by atoms with Gasteiger partial charge in [0.15, 0.2) is 0 Å². The van der Waals surface area contributed by atoms with Gasteiger partial charge in [0.05, 0.1) is 6.20 Å². The van der Waals surface area contributed by atoms with Gasteiger partial charge in [0.2, 0.25) is 10.0 Å². The van der Waals surface area contributed by atoms with Gasteiger partial charge in [0.25, 0.3) is 0 Å². The van der Waals surface area contributed by atoms with Gasteiger partial charge < -0.3 is 4.90 Å². The topological polar surface area (TPSA) is 53.5 Å². The molecule has 2 heterocycles. The molecule has 1 aliphatic heterocycles. The maximum atomic E-state index is 13.1. The second-order valence-corrected chi connectivity index (χ2v) is 6.90. The van der Waals surface area contributed by atoms with E-state index in [1.165, 1.54) is 10.5 Å². The van der Waals surface area contributed by atoms with Crippen LogP contribution in [0.4, 0.5) is 4.39 Å². The van der Waals surface area contributed by atoms with Crippen LogP contribution in [-0.2, 0) is 10.0 Å². The largest absolute Gasteiger partial charge is 0.305 e. The summed E-state index contributed by atoms with van der Waals surface area (Å²) in [7, 11) is 0.223. The van der Waals surface area contributed by atoms with Crippen molar-refractivity contribution >= 4 is 10.0 Å². The van der Waals surface area contributed by atoms with Crippen LogP contribution in [-0.4, -0.2) is 55.8 Å². The number of halogens is 1. The number of sulfonamides is 1. The van der Waals surface area contributed by atoms with E-state index in [0.29, 0.717) is 13.1 Å². The summed E-state index contributed by atoms with van der Waals surface area (Å²) in [4.78, 5) is 5.55. The first kappa shape index (κ1) is 14.4. The number of nitrogens with zero attached hydrogens (tertiary/aromatic N) is 3. The average Bonchev–Trinajstić information content (AvgIpc) is 2.39. The van der Waals surface area contributed by atoms with Gasteiger partial charge in [-0.05, 0) is 33.0 Å². The molecule has 0 aliphatic carbocycles. The van der Waals surface area contributed by atoms with Crippen molar-refractivity contribution in [2.24, 2.45) is 0 Å². The molecule has 0 amide bonds. The van der Waals surface area contributed by atoms with E-state index in [0.717, 1.165) is 25.1 Å². The normalized spacial score (nSPS) is 21.8. The predicted molar refractivity (Wildman–Crippen MR) is 69.7 cm³/mol. The van der Waals surface area contributed by atoms with Gasteiger partial charge in [-0.1, -0.05) is 0 Å². The van der Waals surface area contributed by atoms with Gasteiger partial charge in [-0.25, -0.2) is 12.8 Å². The molecule has 1 fully saturated rings. The van der Waals surface area contributed by atoms with Crippen molar-refractivity contribution in [2.45, 2.75) is 23.8 Å². The Bertz CT molecular complexity index is 548. The molecule has 0 radical (unpaired) electrons. The Kier molecular flexibility index (Phi) is 4.17. The van der Waals surface area contributed by atoms with Crippen LogP contribution in [0.25, 0.3) is 0 Å². The maximum Gasteiger partial charge on any atom is 0.244 e. The Morgan fingerprint density at radius 3 is 2.79 bits per heavy atom. The van der Waals surface area contributed by atoms with E-state index >= 15 is 0 Å². The lowest BCUT2D eigenvalue weighted by Crippen LogP contribution is -2.47. The Balaban J connectivity index is 2.24. The monoisotopic (exact) mass is 287 g/mol. The molecule has 106 valence electrons. The summed E-state index contributed by atoms with van der Waals surface area (Å²) in [6.45, 7) is 0.912. The van der Waals surface area contributed by atoms with Crippen LogP contribution in [0.15, 0.2) is 23.4 Å². The minimum absolute atomic E-state index is 0.0769. The lowest BCUT2D eigenvalue weighted by molar-refractivity contribution is 0.190. The van der Waals surface area contributed by atoms with Gasteiger partial charge >= 0.3 is 0 Å². The molecule has 1 saturated heterocycles. The van der Waals surface area contributed by atoms with E-state index in [2.05, 4.69) is 4.98 Å². The fourth-order valence-electron chi connectivity index (χ4n) is 2.24. The van der Waals surface area contributed by atoms with Crippen LogP contribution in [0.2, 0.25) is 0 Å². The van der Waals surface area contributed by atoms with Crippen molar-refractivity contribution in [3.63, 3.8) is 0 Å². The van der Waals surface area contributed by atoms with Gasteiger partial charge in [-0.15, -0.1) is 0 Å². The predicted octanol–water partition coefficient (Wildman–Crippen LogP) is 0.935. The zero-order chi connectivity index (χ0) is 14.0. The first-order chi connectivity index (χ1) is 8.91. The highest BCUT2D eigenvalue weighted by molar-refractivity contribution is 7.89. The molecule has 1 unspecified atom stereocenters. The van der Waals surface area contributed by atoms with Gasteiger partial charge in [-0.3, -0.25) is 4.98 Å². The van der Waals surface area contributed by atoms with E-state index in [1.807, 2.05) is 19.0 Å². The summed E-state index contributed by atoms with van der Waals surface area (Å²) in [5.74, 6) is -0.637. The Morgan fingerprint density at radius 1 is 1.42 bits per heavy atom. The molecule has 7 heteroatoms. The summed E-state index contributed by atoms with van der Waals surface area (Å²) in [5.41, 5.74) is 0. The molecule has 5 nitrogen and oxygen atoms in total. The number of hydrogen-bond donors (Lipinski definition) is 0. The average molecular weight is 287 g/mol. The summed E-state index contributed by atoms with van der Waals surface area (Å²) in [5, 5.41) is 0. The minimum atomic E-state index is -3.65. The van der Waals surface area contributed by atoms with E-state index < -0.39 is 15.8 Å². The van der Waals surface area contributed by atoms with Gasteiger partial charge in [0.1, 0.15) is 10.7 Å². The molecule has 1 atom stereocenters. The highest BCUT2D eigenvalue weighted by atomic mass is 32.2. The molecule has 1 aliphatic rings. The van der Waals surface area contributed by atoms with Crippen molar-refractivity contribution in [3.05, 3.63) is 24.3 Å². The highest BCUT2D eigenvalue weighted by Gasteiger charge is 2.31. The lowest BCUT2D eigenvalue weighted by atomic mass is 10.1. The molecule has 1 aromatic rings. The number of pyridine rings is 1. The zero-order valence-electron chi connectivity index (χ0n) is 11.1. The molecule has 0 aromatic carbocycles. The Labute approximate surface area is 113 Å². The Hall–Kier alpha value is -1.05. The number of likely N-dealkylation sites (N-methyl/N-ethyl adjacent to an activating group) is 1. The molecule has 19 heavy (non-hydrogen) atoms. The molecule has 0 N–H and O–H groups in total. The number of hydrogen-bond acceptors (Lipinski definition) is 4. The molecule has 2 rings (SSSR count). The lowest BCUT2D eigenvalue weighted by Gasteiger charge is -2.35. The van der Waals surface area contributed by atoms with Crippen LogP contribution in [0.1, 0.15) is 12.8 Å². The minimum Gasteiger partial charge on any atom is -0.305 e.